The maximum Gasteiger partial charge on any atom is 0.236 e. The highest BCUT2D eigenvalue weighted by molar-refractivity contribution is 5.81. The van der Waals surface area contributed by atoms with Gasteiger partial charge in [-0.05, 0) is 50.3 Å². The van der Waals surface area contributed by atoms with Gasteiger partial charge in [-0.1, -0.05) is 30.3 Å². The highest BCUT2D eigenvalue weighted by Crippen LogP contribution is 2.18. The lowest BCUT2D eigenvalue weighted by Crippen LogP contribution is -2.44. The number of carbonyl (C=O) groups is 1. The third kappa shape index (κ3) is 7.41. The normalized spacial score (nSPS) is 16.8. The van der Waals surface area contributed by atoms with Crippen molar-refractivity contribution in [3.05, 3.63) is 35.9 Å². The van der Waals surface area contributed by atoms with Gasteiger partial charge in [0.1, 0.15) is 0 Å². The molecule has 1 aliphatic rings. The number of nitrogens with zero attached hydrogens (tertiary/aromatic N) is 2. The first-order valence-electron chi connectivity index (χ1n) is 9.39. The molecule has 7 heteroatoms. The van der Waals surface area contributed by atoms with Gasteiger partial charge in [0.15, 0.2) is 5.96 Å². The van der Waals surface area contributed by atoms with E-state index in [0.29, 0.717) is 31.8 Å². The van der Waals surface area contributed by atoms with Gasteiger partial charge in [-0.3, -0.25) is 14.7 Å². The molecule has 1 amide bonds. The van der Waals surface area contributed by atoms with Gasteiger partial charge in [-0.25, -0.2) is 0 Å². The van der Waals surface area contributed by atoms with E-state index < -0.39 is 6.04 Å². The molecule has 26 heavy (non-hydrogen) atoms. The molecule has 7 N–H and O–H groups in total. The number of aliphatic imine (C=N–C) groups is 1. The summed E-state index contributed by atoms with van der Waals surface area (Å²) < 4.78 is 0. The summed E-state index contributed by atoms with van der Waals surface area (Å²) in [6.07, 6.45) is 3.49. The Labute approximate surface area is 156 Å². The predicted molar refractivity (Wildman–Crippen MR) is 105 cm³/mol. The number of guanidine groups is 1. The van der Waals surface area contributed by atoms with Gasteiger partial charge in [0.25, 0.3) is 0 Å². The van der Waals surface area contributed by atoms with Crippen molar-refractivity contribution in [2.45, 2.75) is 38.3 Å². The molecule has 1 aliphatic heterocycles. The van der Waals surface area contributed by atoms with E-state index in [4.69, 9.17) is 17.2 Å². The highest BCUT2D eigenvalue weighted by atomic mass is 16.2. The van der Waals surface area contributed by atoms with Crippen LogP contribution in [-0.2, 0) is 11.3 Å². The lowest BCUT2D eigenvalue weighted by Gasteiger charge is -2.32. The van der Waals surface area contributed by atoms with Crippen LogP contribution in [-0.4, -0.2) is 49.0 Å². The largest absolute Gasteiger partial charge is 0.370 e. The van der Waals surface area contributed by atoms with E-state index in [2.05, 4.69) is 39.5 Å². The van der Waals surface area contributed by atoms with Crippen LogP contribution in [0.15, 0.2) is 35.3 Å². The molecule has 7 nitrogen and oxygen atoms in total. The molecule has 1 fully saturated rings. The van der Waals surface area contributed by atoms with Crippen LogP contribution < -0.4 is 22.5 Å². The SMILES string of the molecule is NC(N)=NCCC[C@H](N)C(=O)NCC1CCN(Cc2ccccc2)CC1. The molecule has 1 atom stereocenters. The molecule has 0 bridgehead atoms. The van der Waals surface area contributed by atoms with Crippen LogP contribution in [0, 0.1) is 5.92 Å². The van der Waals surface area contributed by atoms with Crippen molar-refractivity contribution in [1.29, 1.82) is 0 Å². The third-order valence-electron chi connectivity index (χ3n) is 4.83. The minimum absolute atomic E-state index is 0.0710. The fraction of sp³-hybridized carbons (Fsp3) is 0.579. The lowest BCUT2D eigenvalue weighted by atomic mass is 9.96. The van der Waals surface area contributed by atoms with E-state index in [1.54, 1.807) is 0 Å². The molecule has 0 saturated carbocycles. The molecule has 0 spiro atoms. The molecule has 1 saturated heterocycles. The average molecular weight is 361 g/mol. The molecule has 0 aromatic heterocycles. The maximum atomic E-state index is 12.1. The fourth-order valence-electron chi connectivity index (χ4n) is 3.22. The quantitative estimate of drug-likeness (QED) is 0.288. The van der Waals surface area contributed by atoms with Crippen LogP contribution in [0.25, 0.3) is 0 Å². The van der Waals surface area contributed by atoms with E-state index in [9.17, 15) is 4.79 Å². The molecule has 0 radical (unpaired) electrons. The number of hydrogen-bond acceptors (Lipinski definition) is 4. The van der Waals surface area contributed by atoms with Crippen LogP contribution in [0.2, 0.25) is 0 Å². The smallest absolute Gasteiger partial charge is 0.236 e. The number of nitrogens with two attached hydrogens (primary N) is 3. The van der Waals surface area contributed by atoms with Gasteiger partial charge < -0.3 is 22.5 Å². The number of hydrogen-bond donors (Lipinski definition) is 4. The summed E-state index contributed by atoms with van der Waals surface area (Å²) in [5, 5.41) is 3.00. The molecule has 0 aliphatic carbocycles. The summed E-state index contributed by atoms with van der Waals surface area (Å²) in [6, 6.07) is 10.0. The topological polar surface area (TPSA) is 123 Å². The predicted octanol–water partition coefficient (Wildman–Crippen LogP) is 0.396. The molecular weight excluding hydrogens is 328 g/mol. The van der Waals surface area contributed by atoms with Crippen molar-refractivity contribution < 1.29 is 4.79 Å². The second-order valence-electron chi connectivity index (χ2n) is 7.01. The van der Waals surface area contributed by atoms with E-state index in [1.165, 1.54) is 5.56 Å². The first-order valence-corrected chi connectivity index (χ1v) is 9.39. The molecule has 144 valence electrons. The zero-order valence-corrected chi connectivity index (χ0v) is 15.4. The maximum absolute atomic E-state index is 12.1. The van der Waals surface area contributed by atoms with Gasteiger partial charge >= 0.3 is 0 Å². The second kappa shape index (κ2) is 10.8. The number of benzene rings is 1. The number of nitrogens with one attached hydrogen (secondary N) is 1. The Balaban J connectivity index is 1.60. The first kappa shape index (κ1) is 20.2. The Hall–Kier alpha value is -2.12. The lowest BCUT2D eigenvalue weighted by molar-refractivity contribution is -0.122. The van der Waals surface area contributed by atoms with Crippen molar-refractivity contribution in [2.75, 3.05) is 26.2 Å². The van der Waals surface area contributed by atoms with Crippen molar-refractivity contribution in [3.8, 4) is 0 Å². The van der Waals surface area contributed by atoms with Gasteiger partial charge in [0.2, 0.25) is 5.91 Å². The van der Waals surface area contributed by atoms with Crippen molar-refractivity contribution in [1.82, 2.24) is 10.2 Å². The Bertz CT molecular complexity index is 565. The van der Waals surface area contributed by atoms with Crippen molar-refractivity contribution in [2.24, 2.45) is 28.1 Å². The summed E-state index contributed by atoms with van der Waals surface area (Å²) in [5.74, 6) is 0.517. The minimum atomic E-state index is -0.498. The molecule has 0 unspecified atom stereocenters. The third-order valence-corrected chi connectivity index (χ3v) is 4.83. The Morgan fingerprint density at radius 1 is 1.23 bits per heavy atom. The minimum Gasteiger partial charge on any atom is -0.370 e. The number of rotatable bonds is 9. The highest BCUT2D eigenvalue weighted by Gasteiger charge is 2.21. The summed E-state index contributed by atoms with van der Waals surface area (Å²) in [5.41, 5.74) is 17.8. The number of amides is 1. The fourth-order valence-corrected chi connectivity index (χ4v) is 3.22. The van der Waals surface area contributed by atoms with Gasteiger partial charge in [0, 0.05) is 19.6 Å². The van der Waals surface area contributed by atoms with E-state index in [-0.39, 0.29) is 11.9 Å². The summed E-state index contributed by atoms with van der Waals surface area (Å²) in [7, 11) is 0. The van der Waals surface area contributed by atoms with E-state index >= 15 is 0 Å². The Morgan fingerprint density at radius 3 is 2.58 bits per heavy atom. The standard InChI is InChI=1S/C19H32N6O/c20-17(7-4-10-23-19(21)22)18(26)24-13-15-8-11-25(12-9-15)14-16-5-2-1-3-6-16/h1-3,5-6,15,17H,4,7-14,20H2,(H,24,26)(H4,21,22,23)/t17-/m0/s1. The van der Waals surface area contributed by atoms with Gasteiger partial charge in [-0.15, -0.1) is 0 Å². The number of carbonyl (C=O) groups excluding carboxylic acids is 1. The molecule has 2 rings (SSSR count). The Kier molecular flexibility index (Phi) is 8.37. The molecule has 1 heterocycles. The second-order valence-corrected chi connectivity index (χ2v) is 7.01. The summed E-state index contributed by atoms with van der Waals surface area (Å²) in [6.45, 7) is 4.35. The first-order chi connectivity index (χ1) is 12.5. The van der Waals surface area contributed by atoms with Gasteiger partial charge in [-0.2, -0.15) is 0 Å². The van der Waals surface area contributed by atoms with E-state index in [0.717, 1.165) is 32.5 Å². The van der Waals surface area contributed by atoms with Crippen LogP contribution in [0.5, 0.6) is 0 Å². The average Bonchev–Trinajstić information content (AvgIpc) is 2.65. The van der Waals surface area contributed by atoms with Crippen LogP contribution in [0.4, 0.5) is 0 Å². The van der Waals surface area contributed by atoms with Crippen molar-refractivity contribution in [3.63, 3.8) is 0 Å². The van der Waals surface area contributed by atoms with Crippen LogP contribution >= 0.6 is 0 Å². The van der Waals surface area contributed by atoms with Gasteiger partial charge in [0.05, 0.1) is 6.04 Å². The zero-order chi connectivity index (χ0) is 18.8. The van der Waals surface area contributed by atoms with Crippen LogP contribution in [0.1, 0.15) is 31.2 Å². The van der Waals surface area contributed by atoms with E-state index in [1.807, 2.05) is 6.07 Å². The Morgan fingerprint density at radius 2 is 1.92 bits per heavy atom. The molecule has 1 aromatic rings. The van der Waals surface area contributed by atoms with Crippen LogP contribution in [0.3, 0.4) is 0 Å². The molecule has 1 aromatic carbocycles. The monoisotopic (exact) mass is 360 g/mol. The summed E-state index contributed by atoms with van der Waals surface area (Å²) >= 11 is 0. The number of likely N-dealkylation sites (tertiary alicyclic amines) is 1. The zero-order valence-electron chi connectivity index (χ0n) is 15.4. The molecular formula is C19H32N6O. The summed E-state index contributed by atoms with van der Waals surface area (Å²) in [4.78, 5) is 18.5. The number of piperidine rings is 1. The van der Waals surface area contributed by atoms with Crippen molar-refractivity contribution >= 4 is 11.9 Å².